The first-order valence-electron chi connectivity index (χ1n) is 9.91. The fourth-order valence-electron chi connectivity index (χ4n) is 3.44. The number of hydrogen-bond donors (Lipinski definition) is 1. The number of sulfone groups is 1. The number of nitrogens with one attached hydrogen (secondary N) is 1. The maximum atomic E-state index is 13.3. The summed E-state index contributed by atoms with van der Waals surface area (Å²) in [6.07, 6.45) is 0.450. The van der Waals surface area contributed by atoms with E-state index in [-0.39, 0.29) is 35.0 Å². The molecule has 0 aliphatic carbocycles. The summed E-state index contributed by atoms with van der Waals surface area (Å²) in [5.41, 5.74) is 1.51. The van der Waals surface area contributed by atoms with Gasteiger partial charge in [-0.25, -0.2) is 12.8 Å². The van der Waals surface area contributed by atoms with Crippen molar-refractivity contribution < 1.29 is 17.6 Å². The quantitative estimate of drug-likeness (QED) is 0.479. The standard InChI is InChI=1S/C21H21FN4O3S3/c22-16-7-4-8-17(11-16)23-20-24-25-21(31-20)30-13-19(27)26(12-15-5-2-1-3-6-15)18-9-10-32(28,29)14-18/h1-8,11,18H,9-10,12-14H2,(H,23,24)/t18-/m1/s1. The highest BCUT2D eigenvalue weighted by Crippen LogP contribution is 2.29. The maximum Gasteiger partial charge on any atom is 0.233 e. The van der Waals surface area contributed by atoms with E-state index in [2.05, 4.69) is 15.5 Å². The van der Waals surface area contributed by atoms with Crippen LogP contribution in [0.3, 0.4) is 0 Å². The molecular weight excluding hydrogens is 471 g/mol. The van der Waals surface area contributed by atoms with Crippen molar-refractivity contribution in [3.05, 3.63) is 66.0 Å². The van der Waals surface area contributed by atoms with Crippen molar-refractivity contribution in [2.45, 2.75) is 23.3 Å². The van der Waals surface area contributed by atoms with E-state index in [0.717, 1.165) is 5.56 Å². The van der Waals surface area contributed by atoms with Crippen LogP contribution in [-0.2, 0) is 21.2 Å². The van der Waals surface area contributed by atoms with Crippen LogP contribution in [0.25, 0.3) is 0 Å². The molecule has 1 aliphatic rings. The Morgan fingerprint density at radius 2 is 2.00 bits per heavy atom. The van der Waals surface area contributed by atoms with Gasteiger partial charge in [0.25, 0.3) is 0 Å². The largest absolute Gasteiger partial charge is 0.334 e. The number of amides is 1. The summed E-state index contributed by atoms with van der Waals surface area (Å²) in [6, 6.07) is 15.2. The van der Waals surface area contributed by atoms with Gasteiger partial charge < -0.3 is 10.2 Å². The normalized spacial score (nSPS) is 17.2. The second-order valence-corrected chi connectivity index (χ2v) is 11.8. The summed E-state index contributed by atoms with van der Waals surface area (Å²) in [5, 5.41) is 11.6. The predicted octanol–water partition coefficient (Wildman–Crippen LogP) is 3.73. The molecule has 7 nitrogen and oxygen atoms in total. The lowest BCUT2D eigenvalue weighted by molar-refractivity contribution is -0.130. The molecule has 32 heavy (non-hydrogen) atoms. The second-order valence-electron chi connectivity index (χ2n) is 7.36. The van der Waals surface area contributed by atoms with E-state index in [4.69, 9.17) is 0 Å². The van der Waals surface area contributed by atoms with Crippen molar-refractivity contribution in [2.24, 2.45) is 0 Å². The van der Waals surface area contributed by atoms with Gasteiger partial charge in [0, 0.05) is 18.3 Å². The monoisotopic (exact) mass is 492 g/mol. The third kappa shape index (κ3) is 6.05. The number of hydrogen-bond acceptors (Lipinski definition) is 8. The first-order valence-corrected chi connectivity index (χ1v) is 13.5. The lowest BCUT2D eigenvalue weighted by Crippen LogP contribution is -2.41. The predicted molar refractivity (Wildman–Crippen MR) is 124 cm³/mol. The van der Waals surface area contributed by atoms with Crippen LogP contribution < -0.4 is 5.32 Å². The number of thioether (sulfide) groups is 1. The van der Waals surface area contributed by atoms with Gasteiger partial charge in [-0.05, 0) is 30.2 Å². The minimum Gasteiger partial charge on any atom is -0.334 e. The molecule has 1 aromatic heterocycles. The van der Waals surface area contributed by atoms with E-state index in [9.17, 15) is 17.6 Å². The van der Waals surface area contributed by atoms with Crippen molar-refractivity contribution in [3.63, 3.8) is 0 Å². The Bertz CT molecular complexity index is 1190. The molecule has 0 radical (unpaired) electrons. The Morgan fingerprint density at radius 1 is 1.19 bits per heavy atom. The SMILES string of the molecule is O=C(CSc1nnc(Nc2cccc(F)c2)s1)N(Cc1ccccc1)[C@@H]1CCS(=O)(=O)C1. The van der Waals surface area contributed by atoms with Crippen LogP contribution in [0.4, 0.5) is 15.2 Å². The van der Waals surface area contributed by atoms with E-state index in [1.54, 1.807) is 17.0 Å². The zero-order valence-corrected chi connectivity index (χ0v) is 19.4. The summed E-state index contributed by atoms with van der Waals surface area (Å²) in [7, 11) is -3.12. The molecular formula is C21H21FN4O3S3. The molecule has 1 N–H and O–H groups in total. The van der Waals surface area contributed by atoms with Gasteiger partial charge in [-0.2, -0.15) is 0 Å². The van der Waals surface area contributed by atoms with Crippen LogP contribution in [0.1, 0.15) is 12.0 Å². The summed E-state index contributed by atoms with van der Waals surface area (Å²) < 4.78 is 37.9. The Labute approximate surface area is 194 Å². The lowest BCUT2D eigenvalue weighted by atomic mass is 10.1. The second kappa shape index (κ2) is 9.97. The molecule has 1 saturated heterocycles. The number of anilines is 2. The van der Waals surface area contributed by atoms with Crippen LogP contribution in [0.15, 0.2) is 58.9 Å². The maximum absolute atomic E-state index is 13.3. The third-order valence-electron chi connectivity index (χ3n) is 4.97. The smallest absolute Gasteiger partial charge is 0.233 e. The number of halogens is 1. The fourth-order valence-corrected chi connectivity index (χ4v) is 6.83. The van der Waals surface area contributed by atoms with Gasteiger partial charge in [0.2, 0.25) is 11.0 Å². The van der Waals surface area contributed by atoms with Gasteiger partial charge in [0.1, 0.15) is 5.82 Å². The summed E-state index contributed by atoms with van der Waals surface area (Å²) >= 11 is 2.51. The number of rotatable bonds is 8. The zero-order valence-electron chi connectivity index (χ0n) is 17.0. The highest BCUT2D eigenvalue weighted by atomic mass is 32.2. The molecule has 2 aromatic carbocycles. The number of carbonyl (C=O) groups excluding carboxylic acids is 1. The molecule has 2 heterocycles. The van der Waals surface area contributed by atoms with Gasteiger partial charge in [0.15, 0.2) is 14.2 Å². The van der Waals surface area contributed by atoms with Crippen LogP contribution in [0.2, 0.25) is 0 Å². The van der Waals surface area contributed by atoms with Crippen LogP contribution in [-0.4, -0.2) is 52.7 Å². The van der Waals surface area contributed by atoms with Gasteiger partial charge in [-0.1, -0.05) is 59.5 Å². The summed E-state index contributed by atoms with van der Waals surface area (Å²) in [6.45, 7) is 0.364. The first-order chi connectivity index (χ1) is 15.4. The molecule has 4 rings (SSSR count). The third-order valence-corrected chi connectivity index (χ3v) is 8.67. The van der Waals surface area contributed by atoms with Crippen molar-refractivity contribution in [1.29, 1.82) is 0 Å². The average molecular weight is 493 g/mol. The van der Waals surface area contributed by atoms with E-state index in [0.29, 0.717) is 28.1 Å². The minimum atomic E-state index is -3.12. The summed E-state index contributed by atoms with van der Waals surface area (Å²) in [5.74, 6) is -0.271. The molecule has 168 valence electrons. The molecule has 11 heteroatoms. The Morgan fingerprint density at radius 3 is 2.72 bits per heavy atom. The topological polar surface area (TPSA) is 92.3 Å². The first kappa shape index (κ1) is 22.7. The van der Waals surface area contributed by atoms with E-state index in [1.165, 1.54) is 35.2 Å². The molecule has 0 bridgehead atoms. The molecule has 1 aliphatic heterocycles. The van der Waals surface area contributed by atoms with E-state index in [1.807, 2.05) is 30.3 Å². The Balaban J connectivity index is 1.40. The summed E-state index contributed by atoms with van der Waals surface area (Å²) in [4.78, 5) is 14.7. The molecule has 3 aromatic rings. The Kier molecular flexibility index (Phi) is 7.07. The minimum absolute atomic E-state index is 0.00322. The highest BCUT2D eigenvalue weighted by Gasteiger charge is 2.34. The van der Waals surface area contributed by atoms with E-state index >= 15 is 0 Å². The molecule has 1 fully saturated rings. The van der Waals surface area contributed by atoms with Crippen molar-refractivity contribution in [1.82, 2.24) is 15.1 Å². The van der Waals surface area contributed by atoms with Gasteiger partial charge in [-0.15, -0.1) is 10.2 Å². The van der Waals surface area contributed by atoms with Crippen molar-refractivity contribution >= 4 is 49.7 Å². The molecule has 0 unspecified atom stereocenters. The van der Waals surface area contributed by atoms with Crippen molar-refractivity contribution in [2.75, 3.05) is 22.6 Å². The number of aromatic nitrogens is 2. The fraction of sp³-hybridized carbons (Fsp3) is 0.286. The molecule has 0 spiro atoms. The van der Waals surface area contributed by atoms with Gasteiger partial charge >= 0.3 is 0 Å². The van der Waals surface area contributed by atoms with Crippen molar-refractivity contribution in [3.8, 4) is 0 Å². The number of nitrogens with zero attached hydrogens (tertiary/aromatic N) is 3. The lowest BCUT2D eigenvalue weighted by Gasteiger charge is -2.28. The van der Waals surface area contributed by atoms with Gasteiger partial charge in [0.05, 0.1) is 17.3 Å². The van der Waals surface area contributed by atoms with Crippen LogP contribution in [0.5, 0.6) is 0 Å². The molecule has 1 atom stereocenters. The zero-order chi connectivity index (χ0) is 22.6. The highest BCUT2D eigenvalue weighted by molar-refractivity contribution is 8.01. The van der Waals surface area contributed by atoms with Crippen LogP contribution in [0, 0.1) is 5.82 Å². The molecule has 0 saturated carbocycles. The van der Waals surface area contributed by atoms with Crippen LogP contribution >= 0.6 is 23.1 Å². The number of benzene rings is 2. The van der Waals surface area contributed by atoms with Gasteiger partial charge in [-0.3, -0.25) is 4.79 Å². The average Bonchev–Trinajstić information content (AvgIpc) is 3.36. The number of carbonyl (C=O) groups is 1. The molecule has 1 amide bonds. The Hall–Kier alpha value is -2.50. The van der Waals surface area contributed by atoms with E-state index < -0.39 is 9.84 Å².